The van der Waals surface area contributed by atoms with E-state index in [1.54, 1.807) is 6.92 Å². The lowest BCUT2D eigenvalue weighted by atomic mass is 10.1. The first-order valence-corrected chi connectivity index (χ1v) is 13.0. The van der Waals surface area contributed by atoms with E-state index in [9.17, 15) is 14.4 Å². The molecule has 3 rings (SSSR count). The van der Waals surface area contributed by atoms with Crippen molar-refractivity contribution in [2.24, 2.45) is 5.73 Å². The molecule has 1 aromatic carbocycles. The second-order valence-electron chi connectivity index (χ2n) is 8.07. The summed E-state index contributed by atoms with van der Waals surface area (Å²) in [6, 6.07) is 5.98. The highest BCUT2D eigenvalue weighted by Gasteiger charge is 2.26. The van der Waals surface area contributed by atoms with Crippen LogP contribution in [0.25, 0.3) is 0 Å². The van der Waals surface area contributed by atoms with Gasteiger partial charge in [-0.25, -0.2) is 4.79 Å². The van der Waals surface area contributed by atoms with Gasteiger partial charge in [0.2, 0.25) is 5.91 Å². The lowest BCUT2D eigenvalue weighted by Gasteiger charge is -2.17. The van der Waals surface area contributed by atoms with Gasteiger partial charge in [0.1, 0.15) is 10.8 Å². The van der Waals surface area contributed by atoms with E-state index in [0.717, 1.165) is 28.2 Å². The van der Waals surface area contributed by atoms with Gasteiger partial charge in [-0.2, -0.15) is 0 Å². The van der Waals surface area contributed by atoms with Crippen LogP contribution in [0.1, 0.15) is 62.5 Å². The summed E-state index contributed by atoms with van der Waals surface area (Å²) < 4.78 is 12.8. The number of benzene rings is 1. The van der Waals surface area contributed by atoms with E-state index < -0.39 is 11.9 Å². The Hall–Kier alpha value is -3.38. The van der Waals surface area contributed by atoms with E-state index in [4.69, 9.17) is 15.2 Å². The highest BCUT2D eigenvalue weighted by Crippen LogP contribution is 2.34. The molecule has 192 valence electrons. The number of aromatic nitrogens is 3. The van der Waals surface area contributed by atoms with Gasteiger partial charge in [0.05, 0.1) is 23.3 Å². The van der Waals surface area contributed by atoms with Gasteiger partial charge >= 0.3 is 5.97 Å². The molecule has 0 radical (unpaired) electrons. The van der Waals surface area contributed by atoms with Crippen molar-refractivity contribution >= 4 is 45.9 Å². The first kappa shape index (κ1) is 27.2. The van der Waals surface area contributed by atoms with Gasteiger partial charge in [-0.15, -0.1) is 21.5 Å². The number of nitrogens with one attached hydrogen (secondary N) is 1. The standard InChI is InChI=1S/C24H29N5O5S2/c1-7-29-21(15(5)34-16-9-8-12(2)10-13(16)3)27-28-24(29)35-11-17(30)26-22-18(23(32)33-6)14(4)19(36-22)20(25)31/h8-10,15H,7,11H2,1-6H3,(H2,25,31)(H,26,30). The molecule has 10 nitrogen and oxygen atoms in total. The van der Waals surface area contributed by atoms with Crippen LogP contribution >= 0.6 is 23.1 Å². The van der Waals surface area contributed by atoms with Crippen LogP contribution < -0.4 is 15.8 Å². The van der Waals surface area contributed by atoms with Crippen LogP contribution in [0.2, 0.25) is 0 Å². The lowest BCUT2D eigenvalue weighted by Crippen LogP contribution is -2.17. The molecule has 1 unspecified atom stereocenters. The monoisotopic (exact) mass is 531 g/mol. The van der Waals surface area contributed by atoms with E-state index in [1.165, 1.54) is 18.9 Å². The number of anilines is 1. The van der Waals surface area contributed by atoms with E-state index in [-0.39, 0.29) is 33.2 Å². The molecule has 0 bridgehead atoms. The molecule has 3 N–H and O–H groups in total. The van der Waals surface area contributed by atoms with Crippen LogP contribution in [0.3, 0.4) is 0 Å². The van der Waals surface area contributed by atoms with Gasteiger partial charge in [-0.3, -0.25) is 9.59 Å². The average Bonchev–Trinajstić information content (AvgIpc) is 3.39. The Morgan fingerprint density at radius 1 is 1.22 bits per heavy atom. The zero-order chi connectivity index (χ0) is 26.6. The van der Waals surface area contributed by atoms with Crippen LogP contribution in [0, 0.1) is 20.8 Å². The number of carbonyl (C=O) groups is 3. The minimum absolute atomic E-state index is 0.00784. The Labute approximate surface area is 217 Å². The smallest absolute Gasteiger partial charge is 0.341 e. The van der Waals surface area contributed by atoms with Crippen molar-refractivity contribution in [2.75, 3.05) is 18.2 Å². The third kappa shape index (κ3) is 5.88. The third-order valence-corrected chi connectivity index (χ3v) is 7.59. The normalized spacial score (nSPS) is 11.7. The summed E-state index contributed by atoms with van der Waals surface area (Å²) in [5.41, 5.74) is 8.08. The number of thioether (sulfide) groups is 1. The van der Waals surface area contributed by atoms with Crippen LogP contribution in [-0.2, 0) is 16.1 Å². The summed E-state index contributed by atoms with van der Waals surface area (Å²) in [7, 11) is 1.23. The molecule has 12 heteroatoms. The molecule has 2 amide bonds. The second-order valence-corrected chi connectivity index (χ2v) is 10.0. The Bertz CT molecular complexity index is 1300. The molecular weight excluding hydrogens is 502 g/mol. The fourth-order valence-corrected chi connectivity index (χ4v) is 5.53. The van der Waals surface area contributed by atoms with Crippen LogP contribution in [0.4, 0.5) is 5.00 Å². The van der Waals surface area contributed by atoms with Gasteiger partial charge in [0.25, 0.3) is 5.91 Å². The highest BCUT2D eigenvalue weighted by molar-refractivity contribution is 7.99. The number of rotatable bonds is 10. The molecular formula is C24H29N5O5S2. The van der Waals surface area contributed by atoms with Gasteiger partial charge in [-0.1, -0.05) is 29.5 Å². The molecule has 2 heterocycles. The van der Waals surface area contributed by atoms with Gasteiger partial charge in [0.15, 0.2) is 17.1 Å². The maximum Gasteiger partial charge on any atom is 0.341 e. The number of primary amides is 1. The number of thiophene rings is 1. The second kappa shape index (κ2) is 11.6. The lowest BCUT2D eigenvalue weighted by molar-refractivity contribution is -0.113. The number of nitrogens with two attached hydrogens (primary N) is 1. The van der Waals surface area contributed by atoms with Gasteiger partial charge in [0, 0.05) is 6.54 Å². The zero-order valence-corrected chi connectivity index (χ0v) is 22.6. The quantitative estimate of drug-likeness (QED) is 0.295. The van der Waals surface area contributed by atoms with Crippen LogP contribution in [-0.4, -0.2) is 45.4 Å². The molecule has 1 atom stereocenters. The Morgan fingerprint density at radius 2 is 1.94 bits per heavy atom. The number of nitrogens with zero attached hydrogens (tertiary/aromatic N) is 3. The van der Waals surface area contributed by atoms with Crippen molar-refractivity contribution in [3.8, 4) is 5.75 Å². The maximum absolute atomic E-state index is 12.7. The van der Waals surface area contributed by atoms with E-state index in [0.29, 0.717) is 23.1 Å². The molecule has 0 fully saturated rings. The third-order valence-electron chi connectivity index (χ3n) is 5.40. The Morgan fingerprint density at radius 3 is 2.56 bits per heavy atom. The number of carbonyl (C=O) groups excluding carboxylic acids is 3. The topological polar surface area (TPSA) is 138 Å². The molecule has 36 heavy (non-hydrogen) atoms. The fraction of sp³-hybridized carbons (Fsp3) is 0.375. The maximum atomic E-state index is 12.7. The number of hydrogen-bond donors (Lipinski definition) is 2. The fourth-order valence-electron chi connectivity index (χ4n) is 3.66. The molecule has 0 saturated heterocycles. The predicted molar refractivity (Wildman–Crippen MR) is 139 cm³/mol. The molecule has 3 aromatic rings. The summed E-state index contributed by atoms with van der Waals surface area (Å²) in [4.78, 5) is 36.8. The van der Waals surface area contributed by atoms with Crippen molar-refractivity contribution in [3.05, 3.63) is 51.2 Å². The Kier molecular flexibility index (Phi) is 8.75. The van der Waals surface area contributed by atoms with Gasteiger partial charge in [-0.05, 0) is 51.8 Å². The summed E-state index contributed by atoms with van der Waals surface area (Å²) >= 11 is 2.14. The van der Waals surface area contributed by atoms with Crippen molar-refractivity contribution in [1.82, 2.24) is 14.8 Å². The minimum atomic E-state index is -0.682. The Balaban J connectivity index is 1.72. The van der Waals surface area contributed by atoms with Crippen molar-refractivity contribution in [2.45, 2.75) is 52.4 Å². The SMILES string of the molecule is CCn1c(SCC(=O)Nc2sc(C(N)=O)c(C)c2C(=O)OC)nnc1C(C)Oc1ccc(C)cc1C. The van der Waals surface area contributed by atoms with E-state index in [1.807, 2.05) is 44.4 Å². The first-order chi connectivity index (χ1) is 17.1. The molecule has 0 saturated carbocycles. The summed E-state index contributed by atoms with van der Waals surface area (Å²) in [6.45, 7) is 10.1. The number of esters is 1. The minimum Gasteiger partial charge on any atom is -0.482 e. The van der Waals surface area contributed by atoms with Crippen molar-refractivity contribution in [3.63, 3.8) is 0 Å². The predicted octanol–water partition coefficient (Wildman–Crippen LogP) is 4.04. The van der Waals surface area contributed by atoms with Crippen LogP contribution in [0.5, 0.6) is 5.75 Å². The first-order valence-electron chi connectivity index (χ1n) is 11.2. The van der Waals surface area contributed by atoms with Crippen LogP contribution in [0.15, 0.2) is 23.4 Å². The van der Waals surface area contributed by atoms with E-state index >= 15 is 0 Å². The van der Waals surface area contributed by atoms with E-state index in [2.05, 4.69) is 21.6 Å². The summed E-state index contributed by atoms with van der Waals surface area (Å²) in [5, 5.41) is 12.0. The zero-order valence-electron chi connectivity index (χ0n) is 21.0. The number of hydrogen-bond acceptors (Lipinski definition) is 9. The molecule has 0 aliphatic rings. The molecule has 0 aliphatic carbocycles. The largest absolute Gasteiger partial charge is 0.482 e. The summed E-state index contributed by atoms with van der Waals surface area (Å²) in [6.07, 6.45) is -0.356. The average molecular weight is 532 g/mol. The summed E-state index contributed by atoms with van der Waals surface area (Å²) in [5.74, 6) is -0.294. The van der Waals surface area contributed by atoms with Gasteiger partial charge < -0.3 is 25.1 Å². The number of ether oxygens (including phenoxy) is 2. The van der Waals surface area contributed by atoms with Crippen molar-refractivity contribution in [1.29, 1.82) is 0 Å². The number of methoxy groups -OCH3 is 1. The van der Waals surface area contributed by atoms with Crippen molar-refractivity contribution < 1.29 is 23.9 Å². The highest BCUT2D eigenvalue weighted by atomic mass is 32.2. The number of aryl methyl sites for hydroxylation is 2. The molecule has 0 spiro atoms. The molecule has 2 aromatic heterocycles. The molecule has 0 aliphatic heterocycles. The number of amides is 2.